The lowest BCUT2D eigenvalue weighted by atomic mass is 10.2. The minimum Gasteiger partial charge on any atom is -0.361 e. The van der Waals surface area contributed by atoms with Gasteiger partial charge in [0.05, 0.1) is 0 Å². The highest BCUT2D eigenvalue weighted by atomic mass is 35.5. The summed E-state index contributed by atoms with van der Waals surface area (Å²) < 4.78 is 4.97. The molecule has 2 heterocycles. The van der Waals surface area contributed by atoms with Crippen molar-refractivity contribution in [2.24, 2.45) is 0 Å². The average molecular weight is 405 g/mol. The summed E-state index contributed by atoms with van der Waals surface area (Å²) in [6.45, 7) is 5.95. The summed E-state index contributed by atoms with van der Waals surface area (Å²) in [7, 11) is 0. The molecule has 0 saturated carbocycles. The number of aryl methyl sites for hydroxylation is 1. The van der Waals surface area contributed by atoms with Crippen LogP contribution in [0.4, 0.5) is 0 Å². The smallest absolute Gasteiger partial charge is 0.276 e. The van der Waals surface area contributed by atoms with Crippen molar-refractivity contribution < 1.29 is 14.1 Å². The van der Waals surface area contributed by atoms with Crippen molar-refractivity contribution in [1.82, 2.24) is 20.3 Å². The highest BCUT2D eigenvalue weighted by Crippen LogP contribution is 2.09. The first-order chi connectivity index (χ1) is 13.1. The van der Waals surface area contributed by atoms with Crippen LogP contribution in [0.25, 0.3) is 6.08 Å². The summed E-state index contributed by atoms with van der Waals surface area (Å²) in [5, 5.41) is 6.68. The van der Waals surface area contributed by atoms with Crippen molar-refractivity contribution in [2.45, 2.75) is 6.92 Å². The molecule has 1 aromatic carbocycles. The molecule has 2 amide bonds. The third-order valence-electron chi connectivity index (χ3n) is 4.46. The SMILES string of the molecule is Cc1cc(C(=O)N2CCN(CCNC(=O)C=Cc3ccccc3)CC2)no1.Cl. The fourth-order valence-corrected chi connectivity index (χ4v) is 2.94. The normalized spacial score (nSPS) is 14.7. The highest BCUT2D eigenvalue weighted by Gasteiger charge is 2.23. The molecule has 0 spiro atoms. The van der Waals surface area contributed by atoms with Gasteiger partial charge >= 0.3 is 0 Å². The Labute approximate surface area is 170 Å². The zero-order valence-electron chi connectivity index (χ0n) is 15.8. The Morgan fingerprint density at radius 1 is 1.18 bits per heavy atom. The van der Waals surface area contributed by atoms with Gasteiger partial charge in [0.25, 0.3) is 5.91 Å². The first-order valence-electron chi connectivity index (χ1n) is 9.08. The van der Waals surface area contributed by atoms with Crippen LogP contribution < -0.4 is 5.32 Å². The molecule has 1 aliphatic heterocycles. The maximum absolute atomic E-state index is 12.3. The number of nitrogens with one attached hydrogen (secondary N) is 1. The molecule has 0 bridgehead atoms. The maximum Gasteiger partial charge on any atom is 0.276 e. The second kappa shape index (κ2) is 10.6. The minimum absolute atomic E-state index is 0. The molecule has 1 aromatic heterocycles. The zero-order valence-corrected chi connectivity index (χ0v) is 16.7. The first-order valence-corrected chi connectivity index (χ1v) is 9.08. The molecule has 150 valence electrons. The predicted molar refractivity (Wildman–Crippen MR) is 109 cm³/mol. The number of benzene rings is 1. The summed E-state index contributed by atoms with van der Waals surface area (Å²) >= 11 is 0. The Hall–Kier alpha value is -2.64. The molecule has 8 heteroatoms. The Morgan fingerprint density at radius 3 is 2.54 bits per heavy atom. The molecular formula is C20H25ClN4O3. The van der Waals surface area contributed by atoms with Gasteiger partial charge in [-0.05, 0) is 18.6 Å². The number of carbonyl (C=O) groups is 2. The summed E-state index contributed by atoms with van der Waals surface area (Å²) in [5.74, 6) is 0.439. The van der Waals surface area contributed by atoms with Crippen LogP contribution in [0.3, 0.4) is 0 Å². The number of halogens is 1. The van der Waals surface area contributed by atoms with Gasteiger partial charge in [0.2, 0.25) is 5.91 Å². The Kier molecular flexibility index (Phi) is 8.22. The fraction of sp³-hybridized carbons (Fsp3) is 0.350. The Bertz CT molecular complexity index is 799. The molecule has 7 nitrogen and oxygen atoms in total. The van der Waals surface area contributed by atoms with Gasteiger partial charge in [0.1, 0.15) is 5.76 Å². The molecule has 28 heavy (non-hydrogen) atoms. The van der Waals surface area contributed by atoms with Crippen molar-refractivity contribution in [3.05, 3.63) is 59.5 Å². The average Bonchev–Trinajstić information content (AvgIpc) is 3.13. The van der Waals surface area contributed by atoms with Crippen LogP contribution >= 0.6 is 12.4 Å². The van der Waals surface area contributed by atoms with Gasteiger partial charge in [-0.2, -0.15) is 0 Å². The van der Waals surface area contributed by atoms with E-state index in [2.05, 4.69) is 15.4 Å². The summed E-state index contributed by atoms with van der Waals surface area (Å²) in [4.78, 5) is 28.2. The number of piperazine rings is 1. The minimum atomic E-state index is -0.103. The lowest BCUT2D eigenvalue weighted by Gasteiger charge is -2.34. The molecule has 1 saturated heterocycles. The Balaban J connectivity index is 0.00000280. The van der Waals surface area contributed by atoms with E-state index >= 15 is 0 Å². The van der Waals surface area contributed by atoms with Crippen LogP contribution in [0.1, 0.15) is 21.8 Å². The van der Waals surface area contributed by atoms with Crippen molar-refractivity contribution in [3.8, 4) is 0 Å². The van der Waals surface area contributed by atoms with E-state index in [0.29, 0.717) is 31.1 Å². The predicted octanol–water partition coefficient (Wildman–Crippen LogP) is 1.99. The third-order valence-corrected chi connectivity index (χ3v) is 4.46. The van der Waals surface area contributed by atoms with E-state index in [9.17, 15) is 9.59 Å². The molecule has 1 N–H and O–H groups in total. The third kappa shape index (κ3) is 6.21. The monoisotopic (exact) mass is 404 g/mol. The molecule has 0 radical (unpaired) electrons. The quantitative estimate of drug-likeness (QED) is 0.745. The van der Waals surface area contributed by atoms with Crippen LogP contribution in [0.15, 0.2) is 47.0 Å². The summed E-state index contributed by atoms with van der Waals surface area (Å²) in [6, 6.07) is 11.4. The number of hydrogen-bond donors (Lipinski definition) is 1. The van der Waals surface area contributed by atoms with E-state index in [1.807, 2.05) is 30.3 Å². The van der Waals surface area contributed by atoms with Gasteiger partial charge in [-0.1, -0.05) is 35.5 Å². The maximum atomic E-state index is 12.3. The summed E-state index contributed by atoms with van der Waals surface area (Å²) in [6.07, 6.45) is 3.34. The number of nitrogens with zero attached hydrogens (tertiary/aromatic N) is 3. The van der Waals surface area contributed by atoms with Crippen LogP contribution in [0, 0.1) is 6.92 Å². The van der Waals surface area contributed by atoms with E-state index in [0.717, 1.165) is 25.2 Å². The number of carbonyl (C=O) groups excluding carboxylic acids is 2. The van der Waals surface area contributed by atoms with E-state index in [1.165, 1.54) is 0 Å². The Morgan fingerprint density at radius 2 is 1.89 bits per heavy atom. The second-order valence-electron chi connectivity index (χ2n) is 6.49. The van der Waals surface area contributed by atoms with Crippen LogP contribution in [0.2, 0.25) is 0 Å². The fourth-order valence-electron chi connectivity index (χ4n) is 2.94. The van der Waals surface area contributed by atoms with Crippen molar-refractivity contribution in [3.63, 3.8) is 0 Å². The first kappa shape index (κ1) is 21.7. The number of hydrogen-bond acceptors (Lipinski definition) is 5. The standard InChI is InChI=1S/C20H24N4O3.ClH/c1-16-15-18(22-27-16)20(26)24-13-11-23(12-14-24)10-9-21-19(25)8-7-17-5-3-2-4-6-17;/h2-8,15H,9-14H2,1H3,(H,21,25);1H. The summed E-state index contributed by atoms with van der Waals surface area (Å²) in [5.41, 5.74) is 1.36. The second-order valence-corrected chi connectivity index (χ2v) is 6.49. The van der Waals surface area contributed by atoms with Gasteiger partial charge in [0.15, 0.2) is 5.69 Å². The lowest BCUT2D eigenvalue weighted by Crippen LogP contribution is -2.50. The van der Waals surface area contributed by atoms with Gasteiger partial charge < -0.3 is 14.7 Å². The van der Waals surface area contributed by atoms with E-state index in [4.69, 9.17) is 4.52 Å². The molecular weight excluding hydrogens is 380 g/mol. The molecule has 2 aromatic rings. The van der Waals surface area contributed by atoms with E-state index in [-0.39, 0.29) is 24.2 Å². The lowest BCUT2D eigenvalue weighted by molar-refractivity contribution is -0.116. The van der Waals surface area contributed by atoms with E-state index in [1.54, 1.807) is 30.0 Å². The van der Waals surface area contributed by atoms with Crippen molar-refractivity contribution in [1.29, 1.82) is 0 Å². The van der Waals surface area contributed by atoms with Crippen LogP contribution in [0.5, 0.6) is 0 Å². The number of amides is 2. The van der Waals surface area contributed by atoms with Crippen molar-refractivity contribution >= 4 is 30.3 Å². The van der Waals surface area contributed by atoms with E-state index < -0.39 is 0 Å². The van der Waals surface area contributed by atoms with Gasteiger partial charge in [-0.25, -0.2) is 0 Å². The van der Waals surface area contributed by atoms with Crippen molar-refractivity contribution in [2.75, 3.05) is 39.3 Å². The number of rotatable bonds is 6. The highest BCUT2D eigenvalue weighted by molar-refractivity contribution is 5.92. The largest absolute Gasteiger partial charge is 0.361 e. The molecule has 1 aliphatic rings. The topological polar surface area (TPSA) is 78.7 Å². The van der Waals surface area contributed by atoms with Gasteiger partial charge in [0, 0.05) is 51.4 Å². The van der Waals surface area contributed by atoms with Crippen LogP contribution in [-0.2, 0) is 4.79 Å². The molecule has 3 rings (SSSR count). The van der Waals surface area contributed by atoms with Gasteiger partial charge in [-0.3, -0.25) is 14.5 Å². The number of aromatic nitrogens is 1. The molecule has 0 unspecified atom stereocenters. The molecule has 0 atom stereocenters. The molecule has 1 fully saturated rings. The van der Waals surface area contributed by atoms with Crippen LogP contribution in [-0.4, -0.2) is 66.0 Å². The van der Waals surface area contributed by atoms with Gasteiger partial charge in [-0.15, -0.1) is 12.4 Å². The zero-order chi connectivity index (χ0) is 19.1. The molecule has 0 aliphatic carbocycles.